The van der Waals surface area contributed by atoms with E-state index in [0.29, 0.717) is 49.7 Å². The molecule has 3 aliphatic rings. The summed E-state index contributed by atoms with van der Waals surface area (Å²) in [6.45, 7) is 7.19. The van der Waals surface area contributed by atoms with Crippen LogP contribution in [0.3, 0.4) is 0 Å². The third kappa shape index (κ3) is 3.48. The Morgan fingerprint density at radius 2 is 1.69 bits per heavy atom. The predicted octanol–water partition coefficient (Wildman–Crippen LogP) is 2.13. The van der Waals surface area contributed by atoms with Gasteiger partial charge in [0.05, 0.1) is 24.5 Å². The molecule has 2 fully saturated rings. The first-order chi connectivity index (χ1) is 17.0. The third-order valence-electron chi connectivity index (χ3n) is 6.91. The van der Waals surface area contributed by atoms with Crippen LogP contribution in [-0.4, -0.2) is 78.4 Å². The molecule has 3 aliphatic heterocycles. The summed E-state index contributed by atoms with van der Waals surface area (Å²) in [4.78, 5) is 46.3. The molecule has 1 N–H and O–H groups in total. The van der Waals surface area contributed by atoms with Crippen LogP contribution >= 0.6 is 0 Å². The summed E-state index contributed by atoms with van der Waals surface area (Å²) in [6, 6.07) is 15.7. The Hall–Kier alpha value is -3.75. The first-order valence-electron chi connectivity index (χ1n) is 11.7. The largest absolute Gasteiger partial charge is 0.507 e. The summed E-state index contributed by atoms with van der Waals surface area (Å²) < 4.78 is 5.42. The number of carbonyl (C=O) groups is 3. The number of morpholine rings is 1. The van der Waals surface area contributed by atoms with Gasteiger partial charge in [0.2, 0.25) is 0 Å². The van der Waals surface area contributed by atoms with E-state index in [4.69, 9.17) is 4.74 Å². The fraction of sp³-hybridized carbons (Fsp3) is 0.296. The van der Waals surface area contributed by atoms with Crippen molar-refractivity contribution >= 4 is 29.0 Å². The van der Waals surface area contributed by atoms with Crippen LogP contribution in [0, 0.1) is 0 Å². The molecule has 1 atom stereocenters. The van der Waals surface area contributed by atoms with Gasteiger partial charge in [-0.15, -0.1) is 6.58 Å². The second kappa shape index (κ2) is 9.13. The van der Waals surface area contributed by atoms with E-state index in [1.807, 2.05) is 0 Å². The van der Waals surface area contributed by atoms with Crippen molar-refractivity contribution in [1.82, 2.24) is 9.80 Å². The number of ether oxygens (including phenoxy) is 1. The maximum absolute atomic E-state index is 14.2. The molecule has 0 aromatic heterocycles. The van der Waals surface area contributed by atoms with Crippen molar-refractivity contribution in [2.24, 2.45) is 0 Å². The summed E-state index contributed by atoms with van der Waals surface area (Å²) in [6.07, 6.45) is 1.60. The Bertz CT molecular complexity index is 1220. The van der Waals surface area contributed by atoms with E-state index in [9.17, 15) is 19.5 Å². The van der Waals surface area contributed by atoms with Crippen molar-refractivity contribution < 1.29 is 24.2 Å². The normalized spacial score (nSPS) is 23.8. The first-order valence-corrected chi connectivity index (χ1v) is 11.7. The Labute approximate surface area is 203 Å². The number of Topliss-reactive ketones (excluding diaryl/α,β-unsaturated/α-hetero) is 1. The average Bonchev–Trinajstić information content (AvgIpc) is 3.27. The minimum absolute atomic E-state index is 0.151. The summed E-state index contributed by atoms with van der Waals surface area (Å²) in [7, 11) is 0. The van der Waals surface area contributed by atoms with Gasteiger partial charge in [-0.05, 0) is 6.07 Å². The zero-order chi connectivity index (χ0) is 24.6. The molecule has 2 saturated heterocycles. The van der Waals surface area contributed by atoms with Gasteiger partial charge in [0.25, 0.3) is 17.6 Å². The number of aliphatic hydroxyl groups excluding tert-OH is 1. The van der Waals surface area contributed by atoms with E-state index in [-0.39, 0.29) is 24.4 Å². The number of nitrogens with zero attached hydrogens (tertiary/aromatic N) is 3. The van der Waals surface area contributed by atoms with Gasteiger partial charge >= 0.3 is 0 Å². The highest BCUT2D eigenvalue weighted by Gasteiger charge is 2.66. The monoisotopic (exact) mass is 473 g/mol. The zero-order valence-corrected chi connectivity index (χ0v) is 19.4. The molecule has 0 bridgehead atoms. The molecule has 0 saturated carbocycles. The summed E-state index contributed by atoms with van der Waals surface area (Å²) in [5, 5.41) is 11.4. The zero-order valence-electron chi connectivity index (χ0n) is 19.4. The lowest BCUT2D eigenvalue weighted by atomic mass is 9.82. The van der Waals surface area contributed by atoms with E-state index >= 15 is 0 Å². The molecule has 35 heavy (non-hydrogen) atoms. The smallest absolute Gasteiger partial charge is 0.296 e. The van der Waals surface area contributed by atoms with Gasteiger partial charge in [-0.2, -0.15) is 0 Å². The van der Waals surface area contributed by atoms with Gasteiger partial charge < -0.3 is 19.6 Å². The van der Waals surface area contributed by atoms with E-state index in [1.165, 1.54) is 9.80 Å². The standard InChI is InChI=1S/C27H27N3O5/c1-2-12-29-21-11-7-6-10-20(21)27(26(29)34)22(23(31)19-8-4-3-5-9-19)24(32)25(33)30(27)14-13-28-15-17-35-18-16-28/h2-11,31H,1,12-18H2/b23-22+. The minimum Gasteiger partial charge on any atom is -0.507 e. The van der Waals surface area contributed by atoms with Gasteiger partial charge in [0.1, 0.15) is 5.76 Å². The highest BCUT2D eigenvalue weighted by molar-refractivity contribution is 6.50. The molecule has 2 amide bonds. The number of ketones is 1. The van der Waals surface area contributed by atoms with Crippen LogP contribution in [-0.2, 0) is 24.7 Å². The molecule has 1 spiro atoms. The van der Waals surface area contributed by atoms with Gasteiger partial charge in [0.15, 0.2) is 5.54 Å². The number of carbonyl (C=O) groups excluding carboxylic acids is 3. The topological polar surface area (TPSA) is 90.4 Å². The predicted molar refractivity (Wildman–Crippen MR) is 131 cm³/mol. The van der Waals surface area contributed by atoms with Gasteiger partial charge in [-0.3, -0.25) is 19.3 Å². The van der Waals surface area contributed by atoms with Crippen molar-refractivity contribution in [2.45, 2.75) is 5.54 Å². The maximum atomic E-state index is 14.2. The number of amides is 2. The lowest BCUT2D eigenvalue weighted by Gasteiger charge is -2.36. The van der Waals surface area contributed by atoms with Gasteiger partial charge in [-0.1, -0.05) is 54.6 Å². The number of hydrogen-bond acceptors (Lipinski definition) is 6. The number of para-hydroxylation sites is 1. The van der Waals surface area contributed by atoms with Crippen molar-refractivity contribution in [3.8, 4) is 0 Å². The summed E-state index contributed by atoms with van der Waals surface area (Å²) in [5.74, 6) is -2.46. The van der Waals surface area contributed by atoms with Crippen molar-refractivity contribution in [3.05, 3.63) is 84.0 Å². The first kappa shape index (κ1) is 23.0. The van der Waals surface area contributed by atoms with E-state index in [1.54, 1.807) is 60.7 Å². The molecule has 3 heterocycles. The van der Waals surface area contributed by atoms with Gasteiger partial charge in [0, 0.05) is 43.9 Å². The van der Waals surface area contributed by atoms with Gasteiger partial charge in [-0.25, -0.2) is 0 Å². The Kier molecular flexibility index (Phi) is 6.00. The Morgan fingerprint density at radius 3 is 2.40 bits per heavy atom. The van der Waals surface area contributed by atoms with E-state index in [0.717, 1.165) is 0 Å². The second-order valence-electron chi connectivity index (χ2n) is 8.76. The number of benzene rings is 2. The average molecular weight is 474 g/mol. The fourth-order valence-corrected chi connectivity index (χ4v) is 5.28. The third-order valence-corrected chi connectivity index (χ3v) is 6.91. The number of hydrogen-bond donors (Lipinski definition) is 1. The fourth-order valence-electron chi connectivity index (χ4n) is 5.28. The lowest BCUT2D eigenvalue weighted by molar-refractivity contribution is -0.144. The van der Waals surface area contributed by atoms with Crippen LogP contribution in [0.15, 0.2) is 72.8 Å². The molecule has 0 aliphatic carbocycles. The molecule has 8 heteroatoms. The molecular formula is C27H27N3O5. The highest BCUT2D eigenvalue weighted by atomic mass is 16.5. The summed E-state index contributed by atoms with van der Waals surface area (Å²) >= 11 is 0. The van der Waals surface area contributed by atoms with Crippen molar-refractivity contribution in [3.63, 3.8) is 0 Å². The lowest BCUT2D eigenvalue weighted by Crippen LogP contribution is -2.54. The van der Waals surface area contributed by atoms with Crippen molar-refractivity contribution in [2.75, 3.05) is 50.8 Å². The Morgan fingerprint density at radius 1 is 1.00 bits per heavy atom. The summed E-state index contributed by atoms with van der Waals surface area (Å²) in [5.41, 5.74) is -0.481. The van der Waals surface area contributed by atoms with E-state index < -0.39 is 23.1 Å². The van der Waals surface area contributed by atoms with Crippen LogP contribution in [0.2, 0.25) is 0 Å². The van der Waals surface area contributed by atoms with Crippen LogP contribution in [0.25, 0.3) is 5.76 Å². The molecule has 5 rings (SSSR count). The molecule has 2 aromatic rings. The van der Waals surface area contributed by atoms with Crippen LogP contribution in [0.1, 0.15) is 11.1 Å². The van der Waals surface area contributed by atoms with E-state index in [2.05, 4.69) is 11.5 Å². The number of fused-ring (bicyclic) bond motifs is 2. The number of anilines is 1. The number of aliphatic hydroxyl groups is 1. The number of likely N-dealkylation sites (tertiary alicyclic amines) is 1. The molecule has 8 nitrogen and oxygen atoms in total. The second-order valence-corrected chi connectivity index (χ2v) is 8.76. The molecular weight excluding hydrogens is 446 g/mol. The quantitative estimate of drug-likeness (QED) is 0.299. The molecule has 180 valence electrons. The molecule has 1 unspecified atom stereocenters. The number of rotatable bonds is 6. The highest BCUT2D eigenvalue weighted by Crippen LogP contribution is 2.53. The maximum Gasteiger partial charge on any atom is 0.296 e. The molecule has 2 aromatic carbocycles. The van der Waals surface area contributed by atoms with Crippen LogP contribution < -0.4 is 4.90 Å². The molecule has 0 radical (unpaired) electrons. The minimum atomic E-state index is -1.75. The van der Waals surface area contributed by atoms with Crippen molar-refractivity contribution in [1.29, 1.82) is 0 Å². The van der Waals surface area contributed by atoms with Crippen LogP contribution in [0.5, 0.6) is 0 Å². The Balaban J connectivity index is 1.71. The SMILES string of the molecule is C=CCN1C(=O)C2(/C(=C(/O)c3ccccc3)C(=O)C(=O)N2CCN2CCOCC2)c2ccccc21. The van der Waals surface area contributed by atoms with Crippen LogP contribution in [0.4, 0.5) is 5.69 Å².